The summed E-state index contributed by atoms with van der Waals surface area (Å²) in [6.45, 7) is 5.35. The molecule has 43 heavy (non-hydrogen) atoms. The molecular weight excluding hydrogens is 548 g/mol. The number of carbonyl (C=O) groups is 2. The lowest BCUT2D eigenvalue weighted by atomic mass is 9.96. The molecule has 0 aliphatic carbocycles. The van der Waals surface area contributed by atoms with Gasteiger partial charge in [0.1, 0.15) is 30.4 Å². The highest BCUT2D eigenvalue weighted by molar-refractivity contribution is 5.87. The smallest absolute Gasteiger partial charge is 0.243 e. The number of ether oxygens (including phenoxy) is 1. The molecule has 0 spiro atoms. The minimum atomic E-state index is -1.62. The van der Waals surface area contributed by atoms with Gasteiger partial charge in [0.25, 0.3) is 0 Å². The normalized spacial score (nSPS) is 24.0. The van der Waals surface area contributed by atoms with Crippen molar-refractivity contribution in [3.63, 3.8) is 0 Å². The Labute approximate surface area is 257 Å². The lowest BCUT2D eigenvalue weighted by Gasteiger charge is -2.40. The Bertz CT molecular complexity index is 954. The van der Waals surface area contributed by atoms with Crippen LogP contribution in [0.5, 0.6) is 0 Å². The number of aliphatic hydroxyl groups is 4. The number of hydrogen-bond donors (Lipinski definition) is 6. The number of amides is 2. The number of nitrogens with one attached hydrogen (secondary N) is 2. The third-order valence-corrected chi connectivity index (χ3v) is 6.70. The van der Waals surface area contributed by atoms with E-state index >= 15 is 0 Å². The van der Waals surface area contributed by atoms with Crippen molar-refractivity contribution in [3.8, 4) is 0 Å². The molecule has 0 bridgehead atoms. The van der Waals surface area contributed by atoms with Gasteiger partial charge in [-0.2, -0.15) is 0 Å². The summed E-state index contributed by atoms with van der Waals surface area (Å²) >= 11 is 0. The minimum Gasteiger partial charge on any atom is -0.394 e. The zero-order valence-electron chi connectivity index (χ0n) is 26.1. The van der Waals surface area contributed by atoms with Crippen LogP contribution in [-0.4, -0.2) is 75.5 Å². The van der Waals surface area contributed by atoms with Crippen LogP contribution < -0.4 is 10.6 Å². The van der Waals surface area contributed by atoms with Crippen molar-refractivity contribution in [2.45, 2.75) is 115 Å². The Morgan fingerprint density at radius 2 is 1.26 bits per heavy atom. The Hall–Kier alpha value is -2.82. The highest BCUT2D eigenvalue weighted by atomic mass is 16.6. The second-order valence-corrected chi connectivity index (χ2v) is 11.0. The van der Waals surface area contributed by atoms with E-state index in [1.807, 2.05) is 26.0 Å². The quantitative estimate of drug-likeness (QED) is 0.116. The van der Waals surface area contributed by atoms with E-state index in [2.05, 4.69) is 78.3 Å². The van der Waals surface area contributed by atoms with Crippen LogP contribution in [0.25, 0.3) is 0 Å². The van der Waals surface area contributed by atoms with Gasteiger partial charge in [0.2, 0.25) is 11.8 Å². The van der Waals surface area contributed by atoms with Crippen molar-refractivity contribution in [1.82, 2.24) is 10.6 Å². The predicted octanol–water partition coefficient (Wildman–Crippen LogP) is 3.91. The Morgan fingerprint density at radius 1 is 0.767 bits per heavy atom. The van der Waals surface area contributed by atoms with E-state index in [1.165, 1.54) is 0 Å². The SMILES string of the molecule is CC/C=C\C/C=C\C/C=C\C/C=C\C/C=C\C/C=C\CCC(=O)N[C@@H](CC(C)C)C(=O)N[C@H]1C(O)[C@H](O)C(CO)O[C@H]1O. The van der Waals surface area contributed by atoms with E-state index in [-0.39, 0.29) is 18.2 Å². The van der Waals surface area contributed by atoms with Crippen LogP contribution in [0.3, 0.4) is 0 Å². The van der Waals surface area contributed by atoms with Crippen molar-refractivity contribution in [2.24, 2.45) is 5.92 Å². The third-order valence-electron chi connectivity index (χ3n) is 6.70. The predicted molar refractivity (Wildman–Crippen MR) is 171 cm³/mol. The first-order chi connectivity index (χ1) is 20.7. The van der Waals surface area contributed by atoms with Gasteiger partial charge >= 0.3 is 0 Å². The zero-order valence-corrected chi connectivity index (χ0v) is 26.1. The topological polar surface area (TPSA) is 148 Å². The van der Waals surface area contributed by atoms with Gasteiger partial charge in [-0.3, -0.25) is 9.59 Å². The summed E-state index contributed by atoms with van der Waals surface area (Å²) in [5.74, 6) is -0.805. The molecule has 242 valence electrons. The molecule has 9 heteroatoms. The fourth-order valence-electron chi connectivity index (χ4n) is 4.34. The molecule has 0 radical (unpaired) electrons. The minimum absolute atomic E-state index is 0.0845. The van der Waals surface area contributed by atoms with Gasteiger partial charge < -0.3 is 35.8 Å². The van der Waals surface area contributed by atoms with Crippen LogP contribution in [-0.2, 0) is 14.3 Å². The van der Waals surface area contributed by atoms with Crippen LogP contribution in [0.4, 0.5) is 0 Å². The van der Waals surface area contributed by atoms with Gasteiger partial charge in [0, 0.05) is 6.42 Å². The van der Waals surface area contributed by atoms with Gasteiger partial charge in [0.15, 0.2) is 6.29 Å². The van der Waals surface area contributed by atoms with Crippen LogP contribution in [0, 0.1) is 5.92 Å². The summed E-state index contributed by atoms with van der Waals surface area (Å²) in [5, 5.41) is 45.0. The molecule has 1 aliphatic heterocycles. The summed E-state index contributed by atoms with van der Waals surface area (Å²) in [7, 11) is 0. The van der Waals surface area contributed by atoms with E-state index < -0.39 is 49.2 Å². The largest absolute Gasteiger partial charge is 0.394 e. The van der Waals surface area contributed by atoms with Crippen LogP contribution in [0.1, 0.15) is 78.6 Å². The number of aliphatic hydroxyl groups excluding tert-OH is 4. The zero-order chi connectivity index (χ0) is 31.9. The number of hydrogen-bond acceptors (Lipinski definition) is 7. The maximum absolute atomic E-state index is 12.9. The summed E-state index contributed by atoms with van der Waals surface area (Å²) < 4.78 is 5.09. The molecule has 1 fully saturated rings. The molecular formula is C34H54N2O7. The van der Waals surface area contributed by atoms with E-state index in [9.17, 15) is 30.0 Å². The lowest BCUT2D eigenvalue weighted by molar-refractivity contribution is -0.254. The second-order valence-electron chi connectivity index (χ2n) is 11.0. The molecule has 1 rings (SSSR count). The molecule has 1 saturated heterocycles. The van der Waals surface area contributed by atoms with Gasteiger partial charge in [-0.1, -0.05) is 93.7 Å². The molecule has 1 aliphatic rings. The number of rotatable bonds is 20. The number of carbonyl (C=O) groups excluding carboxylic acids is 2. The van der Waals surface area contributed by atoms with Crippen molar-refractivity contribution >= 4 is 11.8 Å². The fourth-order valence-corrected chi connectivity index (χ4v) is 4.34. The Balaban J connectivity index is 2.33. The van der Waals surface area contributed by atoms with E-state index in [4.69, 9.17) is 4.74 Å². The first-order valence-electron chi connectivity index (χ1n) is 15.5. The molecule has 0 aromatic carbocycles. The van der Waals surface area contributed by atoms with E-state index in [0.717, 1.165) is 38.5 Å². The summed E-state index contributed by atoms with van der Waals surface area (Å²) in [5.41, 5.74) is 0. The summed E-state index contributed by atoms with van der Waals surface area (Å²) in [4.78, 5) is 25.4. The standard InChI is InChI=1S/C34H54N2O7/c1-4-5-6-7-8-9-10-11-12-13-14-15-16-17-18-19-20-21-22-23-29(38)35-27(24-26(2)3)33(41)36-30-32(40)31(39)28(25-37)43-34(30)42/h5-6,8-9,11-12,14-15,17-18,20-21,26-28,30-32,34,37,39-40,42H,4,7,10,13,16,19,22-25H2,1-3H3,(H,35,38)(H,36,41)/b6-5-,9-8-,12-11-,15-14-,18-17-,21-20-/t27-,28?,30-,31+,32?,34+/m0/s1. The van der Waals surface area contributed by atoms with E-state index in [1.54, 1.807) is 0 Å². The van der Waals surface area contributed by atoms with Gasteiger partial charge in [-0.05, 0) is 57.3 Å². The Kier molecular flexibility index (Phi) is 21.0. The first kappa shape index (κ1) is 38.2. The average molecular weight is 603 g/mol. The molecule has 0 aromatic rings. The summed E-state index contributed by atoms with van der Waals surface area (Å²) in [6, 6.07) is -2.19. The van der Waals surface area contributed by atoms with Crippen molar-refractivity contribution in [2.75, 3.05) is 6.61 Å². The van der Waals surface area contributed by atoms with Gasteiger partial charge in [-0.25, -0.2) is 0 Å². The van der Waals surface area contributed by atoms with E-state index in [0.29, 0.717) is 12.8 Å². The Morgan fingerprint density at radius 3 is 1.72 bits per heavy atom. The van der Waals surface area contributed by atoms with Crippen molar-refractivity contribution in [3.05, 3.63) is 72.9 Å². The molecule has 0 aromatic heterocycles. The summed E-state index contributed by atoms with van der Waals surface area (Å²) in [6.07, 6.45) is 26.3. The molecule has 6 N–H and O–H groups in total. The van der Waals surface area contributed by atoms with Crippen LogP contribution in [0.2, 0.25) is 0 Å². The third kappa shape index (κ3) is 17.2. The fraction of sp³-hybridized carbons (Fsp3) is 0.588. The van der Waals surface area contributed by atoms with Gasteiger partial charge in [0.05, 0.1) is 6.61 Å². The molecule has 0 saturated carbocycles. The second kappa shape index (κ2) is 23.6. The molecule has 1 heterocycles. The molecule has 9 nitrogen and oxygen atoms in total. The first-order valence-corrected chi connectivity index (χ1v) is 15.5. The average Bonchev–Trinajstić information content (AvgIpc) is 2.97. The number of allylic oxidation sites excluding steroid dienone is 12. The molecule has 2 amide bonds. The van der Waals surface area contributed by atoms with Crippen molar-refractivity contribution in [1.29, 1.82) is 0 Å². The van der Waals surface area contributed by atoms with Crippen molar-refractivity contribution < 1.29 is 34.8 Å². The maximum atomic E-state index is 12.9. The molecule has 2 unspecified atom stereocenters. The van der Waals surface area contributed by atoms with Gasteiger partial charge in [-0.15, -0.1) is 0 Å². The highest BCUT2D eigenvalue weighted by Gasteiger charge is 2.44. The van der Waals surface area contributed by atoms with Crippen LogP contribution >= 0.6 is 0 Å². The molecule has 6 atom stereocenters. The monoisotopic (exact) mass is 602 g/mol. The highest BCUT2D eigenvalue weighted by Crippen LogP contribution is 2.20. The lowest BCUT2D eigenvalue weighted by Crippen LogP contribution is -2.65. The maximum Gasteiger partial charge on any atom is 0.243 e. The van der Waals surface area contributed by atoms with Crippen LogP contribution in [0.15, 0.2) is 72.9 Å².